The molecule has 0 aliphatic rings. The highest BCUT2D eigenvalue weighted by atomic mass is 32.2. The van der Waals surface area contributed by atoms with Crippen LogP contribution < -0.4 is 4.72 Å². The Morgan fingerprint density at radius 1 is 1.33 bits per heavy atom. The van der Waals surface area contributed by atoms with Crippen LogP contribution in [0.15, 0.2) is 4.52 Å². The molecule has 0 radical (unpaired) electrons. The number of rotatable bonds is 5. The van der Waals surface area contributed by atoms with Gasteiger partial charge >= 0.3 is 0 Å². The molecule has 0 saturated heterocycles. The van der Waals surface area contributed by atoms with Crippen molar-refractivity contribution in [3.63, 3.8) is 0 Å². The minimum absolute atomic E-state index is 0.200. The minimum atomic E-state index is -3.39. The summed E-state index contributed by atoms with van der Waals surface area (Å²) >= 11 is 0. The summed E-state index contributed by atoms with van der Waals surface area (Å²) in [6.07, 6.45) is 0.395. The van der Waals surface area contributed by atoms with E-state index in [0.29, 0.717) is 18.1 Å². The van der Waals surface area contributed by atoms with E-state index in [-0.39, 0.29) is 12.0 Å². The van der Waals surface area contributed by atoms with Crippen molar-refractivity contribution in [1.29, 1.82) is 0 Å². The van der Waals surface area contributed by atoms with Gasteiger partial charge in [-0.05, 0) is 0 Å². The van der Waals surface area contributed by atoms with E-state index in [4.69, 9.17) is 4.52 Å². The highest BCUT2D eigenvalue weighted by Crippen LogP contribution is 2.19. The zero-order valence-corrected chi connectivity index (χ0v) is 12.2. The fourth-order valence-corrected chi connectivity index (χ4v) is 1.70. The average molecular weight is 276 g/mol. The standard InChI is InChI=1S/C10H20N4O3S/c1-10(2,3)9-12-8(13-17-9)6-7-11-18(15,16)14(4)5/h11H,6-7H2,1-5H3. The lowest BCUT2D eigenvalue weighted by Gasteiger charge is -2.11. The Labute approximate surface area is 108 Å². The van der Waals surface area contributed by atoms with Gasteiger partial charge in [-0.25, -0.2) is 4.72 Å². The van der Waals surface area contributed by atoms with Crippen molar-refractivity contribution in [3.8, 4) is 0 Å². The van der Waals surface area contributed by atoms with E-state index in [1.807, 2.05) is 20.8 Å². The van der Waals surface area contributed by atoms with Crippen LogP contribution in [0.4, 0.5) is 0 Å². The van der Waals surface area contributed by atoms with Crippen molar-refractivity contribution in [2.45, 2.75) is 32.6 Å². The number of nitrogens with one attached hydrogen (secondary N) is 1. The van der Waals surface area contributed by atoms with E-state index < -0.39 is 10.2 Å². The molecule has 1 aromatic heterocycles. The molecule has 1 rings (SSSR count). The molecule has 0 unspecified atom stereocenters. The molecule has 0 fully saturated rings. The van der Waals surface area contributed by atoms with Gasteiger partial charge in [0.15, 0.2) is 5.82 Å². The van der Waals surface area contributed by atoms with Gasteiger partial charge in [0.05, 0.1) is 0 Å². The summed E-state index contributed by atoms with van der Waals surface area (Å²) in [5.41, 5.74) is -0.200. The van der Waals surface area contributed by atoms with Gasteiger partial charge in [0.1, 0.15) is 0 Å². The monoisotopic (exact) mass is 276 g/mol. The highest BCUT2D eigenvalue weighted by Gasteiger charge is 2.21. The summed E-state index contributed by atoms with van der Waals surface area (Å²) in [7, 11) is -0.459. The van der Waals surface area contributed by atoms with Crippen LogP contribution in [0.5, 0.6) is 0 Å². The molecule has 1 aromatic rings. The second-order valence-corrected chi connectivity index (χ2v) is 7.17. The third-order valence-electron chi connectivity index (χ3n) is 2.22. The Kier molecular flexibility index (Phi) is 4.46. The molecule has 1 heterocycles. The lowest BCUT2D eigenvalue weighted by atomic mass is 9.97. The number of hydrogen-bond donors (Lipinski definition) is 1. The Hall–Kier alpha value is -0.990. The molecule has 0 aliphatic heterocycles. The van der Waals surface area contributed by atoms with E-state index in [9.17, 15) is 8.42 Å². The van der Waals surface area contributed by atoms with Gasteiger partial charge in [-0.3, -0.25) is 0 Å². The first-order valence-electron chi connectivity index (χ1n) is 5.63. The number of nitrogens with zero attached hydrogens (tertiary/aromatic N) is 3. The van der Waals surface area contributed by atoms with E-state index in [0.717, 1.165) is 4.31 Å². The predicted octanol–water partition coefficient (Wildman–Crippen LogP) is 0.306. The molecule has 0 amide bonds. The second kappa shape index (κ2) is 5.33. The molecular weight excluding hydrogens is 256 g/mol. The van der Waals surface area contributed by atoms with Crippen molar-refractivity contribution in [3.05, 3.63) is 11.7 Å². The van der Waals surface area contributed by atoms with Gasteiger partial charge in [-0.2, -0.15) is 17.7 Å². The van der Waals surface area contributed by atoms with Gasteiger partial charge in [-0.15, -0.1) is 0 Å². The van der Waals surface area contributed by atoms with Crippen molar-refractivity contribution >= 4 is 10.2 Å². The third kappa shape index (κ3) is 4.04. The summed E-state index contributed by atoms with van der Waals surface area (Å²) < 4.78 is 31.5. The first kappa shape index (κ1) is 15.1. The molecule has 1 N–H and O–H groups in total. The van der Waals surface area contributed by atoms with Crippen LogP contribution in [0.25, 0.3) is 0 Å². The van der Waals surface area contributed by atoms with Crippen molar-refractivity contribution < 1.29 is 12.9 Å². The fraction of sp³-hybridized carbons (Fsp3) is 0.800. The average Bonchev–Trinajstić information content (AvgIpc) is 2.65. The maximum Gasteiger partial charge on any atom is 0.278 e. The zero-order valence-electron chi connectivity index (χ0n) is 11.4. The third-order valence-corrected chi connectivity index (χ3v) is 3.75. The number of aromatic nitrogens is 2. The summed E-state index contributed by atoms with van der Waals surface area (Å²) in [4.78, 5) is 4.22. The van der Waals surface area contributed by atoms with Crippen LogP contribution in [-0.2, 0) is 22.0 Å². The molecule has 0 spiro atoms. The van der Waals surface area contributed by atoms with Crippen LogP contribution in [0.2, 0.25) is 0 Å². The Bertz CT molecular complexity index is 487. The van der Waals surface area contributed by atoms with Crippen molar-refractivity contribution in [1.82, 2.24) is 19.2 Å². The van der Waals surface area contributed by atoms with Crippen molar-refractivity contribution in [2.24, 2.45) is 0 Å². The van der Waals surface area contributed by atoms with Crippen LogP contribution in [0.3, 0.4) is 0 Å². The molecule has 0 saturated carbocycles. The molecule has 0 bridgehead atoms. The summed E-state index contributed by atoms with van der Waals surface area (Å²) in [6.45, 7) is 6.15. The SMILES string of the molecule is CN(C)S(=O)(=O)NCCc1noc(C(C)(C)C)n1. The summed E-state index contributed by atoms with van der Waals surface area (Å²) in [5.74, 6) is 1.05. The lowest BCUT2D eigenvalue weighted by molar-refractivity contribution is 0.318. The molecule has 0 aromatic carbocycles. The minimum Gasteiger partial charge on any atom is -0.339 e. The van der Waals surface area contributed by atoms with Crippen LogP contribution in [0, 0.1) is 0 Å². The predicted molar refractivity (Wildman–Crippen MR) is 67.3 cm³/mol. The van der Waals surface area contributed by atoms with Gasteiger partial charge in [0.25, 0.3) is 10.2 Å². The molecular formula is C10H20N4O3S. The first-order valence-corrected chi connectivity index (χ1v) is 7.07. The van der Waals surface area contributed by atoms with Gasteiger partial charge in [0, 0.05) is 32.5 Å². The molecule has 0 atom stereocenters. The topological polar surface area (TPSA) is 88.3 Å². The van der Waals surface area contributed by atoms with Gasteiger partial charge in [0.2, 0.25) is 5.89 Å². The normalized spacial score (nSPS) is 13.2. The molecule has 7 nitrogen and oxygen atoms in total. The molecule has 8 heteroatoms. The second-order valence-electron chi connectivity index (χ2n) is 5.20. The Morgan fingerprint density at radius 3 is 2.39 bits per heavy atom. The molecule has 18 heavy (non-hydrogen) atoms. The Balaban J connectivity index is 2.53. The van der Waals surface area contributed by atoms with Crippen molar-refractivity contribution in [2.75, 3.05) is 20.6 Å². The quantitative estimate of drug-likeness (QED) is 0.836. The fourth-order valence-electron chi connectivity index (χ4n) is 1.08. The maximum atomic E-state index is 11.4. The zero-order chi connectivity index (χ0) is 14.0. The van der Waals surface area contributed by atoms with Crippen LogP contribution in [0.1, 0.15) is 32.5 Å². The molecule has 0 aliphatic carbocycles. The lowest BCUT2D eigenvalue weighted by Crippen LogP contribution is -2.36. The van der Waals surface area contributed by atoms with E-state index in [2.05, 4.69) is 14.9 Å². The van der Waals surface area contributed by atoms with Crippen LogP contribution >= 0.6 is 0 Å². The number of hydrogen-bond acceptors (Lipinski definition) is 5. The largest absolute Gasteiger partial charge is 0.339 e. The summed E-state index contributed by atoms with van der Waals surface area (Å²) in [5, 5.41) is 3.81. The van der Waals surface area contributed by atoms with E-state index in [1.165, 1.54) is 14.1 Å². The van der Waals surface area contributed by atoms with Crippen LogP contribution in [-0.4, -0.2) is 43.5 Å². The van der Waals surface area contributed by atoms with E-state index in [1.54, 1.807) is 0 Å². The van der Waals surface area contributed by atoms with Gasteiger partial charge < -0.3 is 4.52 Å². The van der Waals surface area contributed by atoms with Gasteiger partial charge in [-0.1, -0.05) is 25.9 Å². The smallest absolute Gasteiger partial charge is 0.278 e. The molecule has 104 valence electrons. The maximum absolute atomic E-state index is 11.4. The van der Waals surface area contributed by atoms with E-state index >= 15 is 0 Å². The summed E-state index contributed by atoms with van der Waals surface area (Å²) in [6, 6.07) is 0. The first-order chi connectivity index (χ1) is 8.13. The highest BCUT2D eigenvalue weighted by molar-refractivity contribution is 7.87. The Morgan fingerprint density at radius 2 is 1.94 bits per heavy atom.